The summed E-state index contributed by atoms with van der Waals surface area (Å²) >= 11 is 0. The van der Waals surface area contributed by atoms with Crippen LogP contribution in [0.15, 0.2) is 35.2 Å². The first-order valence-electron chi connectivity index (χ1n) is 9.52. The highest BCUT2D eigenvalue weighted by atomic mass is 32.2. The summed E-state index contributed by atoms with van der Waals surface area (Å²) in [5.74, 6) is 1.79. The van der Waals surface area contributed by atoms with E-state index in [2.05, 4.69) is 18.6 Å². The van der Waals surface area contributed by atoms with Gasteiger partial charge in [-0.2, -0.15) is 0 Å². The SMILES string of the molecule is CCc1cc(S(=O)(=O)N[C@@H](C)c2cc(C(C)C)c(OC)cc2C)ccc1OC. The molecule has 5 nitrogen and oxygen atoms in total. The van der Waals surface area contributed by atoms with Gasteiger partial charge < -0.3 is 9.47 Å². The van der Waals surface area contributed by atoms with Gasteiger partial charge in [0.1, 0.15) is 11.5 Å². The van der Waals surface area contributed by atoms with Gasteiger partial charge in [0.05, 0.1) is 19.1 Å². The van der Waals surface area contributed by atoms with Crippen LogP contribution < -0.4 is 14.2 Å². The second-order valence-electron chi connectivity index (χ2n) is 7.28. The molecule has 0 aromatic heterocycles. The lowest BCUT2D eigenvalue weighted by Crippen LogP contribution is -2.27. The predicted molar refractivity (Wildman–Crippen MR) is 113 cm³/mol. The number of benzene rings is 2. The van der Waals surface area contributed by atoms with Gasteiger partial charge in [0, 0.05) is 6.04 Å². The number of sulfonamides is 1. The highest BCUT2D eigenvalue weighted by Crippen LogP contribution is 2.32. The molecule has 1 atom stereocenters. The third kappa shape index (κ3) is 4.67. The minimum Gasteiger partial charge on any atom is -0.496 e. The Morgan fingerprint density at radius 1 is 0.964 bits per heavy atom. The fourth-order valence-corrected chi connectivity index (χ4v) is 4.65. The molecule has 0 spiro atoms. The lowest BCUT2D eigenvalue weighted by molar-refractivity contribution is 0.406. The fraction of sp³-hybridized carbons (Fsp3) is 0.455. The molecule has 0 radical (unpaired) electrons. The van der Waals surface area contributed by atoms with Crippen molar-refractivity contribution in [2.75, 3.05) is 14.2 Å². The zero-order valence-electron chi connectivity index (χ0n) is 17.8. The third-order valence-corrected chi connectivity index (χ3v) is 6.52. The molecule has 0 aliphatic carbocycles. The molecule has 2 aromatic rings. The average Bonchev–Trinajstić information content (AvgIpc) is 2.66. The minimum absolute atomic E-state index is 0.243. The van der Waals surface area contributed by atoms with Gasteiger partial charge in [-0.1, -0.05) is 20.8 Å². The smallest absolute Gasteiger partial charge is 0.241 e. The molecule has 0 saturated heterocycles. The van der Waals surface area contributed by atoms with Crippen molar-refractivity contribution in [3.8, 4) is 11.5 Å². The maximum atomic E-state index is 13.0. The molecule has 1 N–H and O–H groups in total. The Balaban J connectivity index is 2.38. The standard InChI is InChI=1S/C22H31NO4S/c1-8-17-12-18(9-10-21(17)26-6)28(24,25)23-16(5)20-13-19(14(2)3)22(27-7)11-15(20)4/h9-14,16,23H,8H2,1-7H3/t16-/m0/s1. The molecule has 0 heterocycles. The zero-order chi connectivity index (χ0) is 21.1. The quantitative estimate of drug-likeness (QED) is 0.689. The summed E-state index contributed by atoms with van der Waals surface area (Å²) < 4.78 is 39.5. The van der Waals surface area contributed by atoms with Crippen LogP contribution in [-0.4, -0.2) is 22.6 Å². The summed E-state index contributed by atoms with van der Waals surface area (Å²) in [6.07, 6.45) is 0.692. The highest BCUT2D eigenvalue weighted by molar-refractivity contribution is 7.89. The van der Waals surface area contributed by atoms with Crippen molar-refractivity contribution in [1.82, 2.24) is 4.72 Å². The molecule has 0 amide bonds. The predicted octanol–water partition coefficient (Wildman–Crippen LogP) is 4.74. The van der Waals surface area contributed by atoms with Gasteiger partial charge in [-0.15, -0.1) is 0 Å². The van der Waals surface area contributed by atoms with Crippen LogP contribution in [0, 0.1) is 6.92 Å². The van der Waals surface area contributed by atoms with Gasteiger partial charge in [0.15, 0.2) is 0 Å². The summed E-state index contributed by atoms with van der Waals surface area (Å²) in [6.45, 7) is 9.99. The lowest BCUT2D eigenvalue weighted by atomic mass is 9.94. The molecule has 0 bridgehead atoms. The molecule has 6 heteroatoms. The van der Waals surface area contributed by atoms with Crippen LogP contribution in [0.4, 0.5) is 0 Å². The molecular weight excluding hydrogens is 374 g/mol. The number of ether oxygens (including phenoxy) is 2. The summed E-state index contributed by atoms with van der Waals surface area (Å²) in [6, 6.07) is 8.59. The van der Waals surface area contributed by atoms with Gasteiger partial charge in [-0.25, -0.2) is 13.1 Å². The molecule has 0 unspecified atom stereocenters. The monoisotopic (exact) mass is 405 g/mol. The summed E-state index contributed by atoms with van der Waals surface area (Å²) in [7, 11) is -0.428. The zero-order valence-corrected chi connectivity index (χ0v) is 18.6. The summed E-state index contributed by atoms with van der Waals surface area (Å²) in [5.41, 5.74) is 3.85. The van der Waals surface area contributed by atoms with Crippen molar-refractivity contribution < 1.29 is 17.9 Å². The highest BCUT2D eigenvalue weighted by Gasteiger charge is 2.22. The van der Waals surface area contributed by atoms with Gasteiger partial charge in [0.2, 0.25) is 10.0 Å². The Labute approximate surface area is 169 Å². The van der Waals surface area contributed by atoms with Gasteiger partial charge in [0.25, 0.3) is 0 Å². The Morgan fingerprint density at radius 3 is 2.14 bits per heavy atom. The minimum atomic E-state index is -3.67. The lowest BCUT2D eigenvalue weighted by Gasteiger charge is -2.21. The topological polar surface area (TPSA) is 64.6 Å². The van der Waals surface area contributed by atoms with E-state index in [1.807, 2.05) is 32.9 Å². The van der Waals surface area contributed by atoms with Crippen molar-refractivity contribution in [3.63, 3.8) is 0 Å². The Morgan fingerprint density at radius 2 is 1.61 bits per heavy atom. The Hall–Kier alpha value is -2.05. The van der Waals surface area contributed by atoms with Crippen molar-refractivity contribution in [3.05, 3.63) is 52.6 Å². The number of nitrogens with one attached hydrogen (secondary N) is 1. The number of hydrogen-bond donors (Lipinski definition) is 1. The number of aryl methyl sites for hydroxylation is 2. The molecule has 0 fully saturated rings. The maximum Gasteiger partial charge on any atom is 0.241 e. The molecule has 0 aliphatic heterocycles. The van der Waals surface area contributed by atoms with E-state index < -0.39 is 10.0 Å². The van der Waals surface area contributed by atoms with E-state index in [-0.39, 0.29) is 16.9 Å². The number of methoxy groups -OCH3 is 2. The summed E-state index contributed by atoms with van der Waals surface area (Å²) in [5, 5.41) is 0. The van der Waals surface area contributed by atoms with Crippen molar-refractivity contribution in [2.24, 2.45) is 0 Å². The van der Waals surface area contributed by atoms with Crippen molar-refractivity contribution in [2.45, 2.75) is 57.9 Å². The molecule has 0 saturated carbocycles. The van der Waals surface area contributed by atoms with E-state index in [1.165, 1.54) is 0 Å². The van der Waals surface area contributed by atoms with Crippen molar-refractivity contribution in [1.29, 1.82) is 0 Å². The van der Waals surface area contributed by atoms with Crippen LogP contribution in [0.25, 0.3) is 0 Å². The molecule has 28 heavy (non-hydrogen) atoms. The number of hydrogen-bond acceptors (Lipinski definition) is 4. The van der Waals surface area contributed by atoms with Crippen LogP contribution in [0.5, 0.6) is 11.5 Å². The first kappa shape index (κ1) is 22.2. The van der Waals surface area contributed by atoms with E-state index in [0.717, 1.165) is 28.0 Å². The first-order chi connectivity index (χ1) is 13.1. The Kier molecular flexibility index (Phi) is 7.12. The van der Waals surface area contributed by atoms with E-state index in [1.54, 1.807) is 32.4 Å². The van der Waals surface area contributed by atoms with E-state index in [4.69, 9.17) is 9.47 Å². The van der Waals surface area contributed by atoms with E-state index in [0.29, 0.717) is 12.2 Å². The molecule has 0 aliphatic rings. The van der Waals surface area contributed by atoms with Gasteiger partial charge in [-0.3, -0.25) is 0 Å². The van der Waals surface area contributed by atoms with Gasteiger partial charge >= 0.3 is 0 Å². The summed E-state index contributed by atoms with van der Waals surface area (Å²) in [4.78, 5) is 0.243. The van der Waals surface area contributed by atoms with Gasteiger partial charge in [-0.05, 0) is 78.8 Å². The van der Waals surface area contributed by atoms with E-state index >= 15 is 0 Å². The average molecular weight is 406 g/mol. The third-order valence-electron chi connectivity index (χ3n) is 4.98. The van der Waals surface area contributed by atoms with Crippen LogP contribution in [0.1, 0.15) is 61.9 Å². The van der Waals surface area contributed by atoms with Crippen LogP contribution in [0.2, 0.25) is 0 Å². The normalized spacial score (nSPS) is 12.9. The Bertz CT molecular complexity index is 936. The molecule has 154 valence electrons. The fourth-order valence-electron chi connectivity index (χ4n) is 3.37. The second-order valence-corrected chi connectivity index (χ2v) is 8.99. The van der Waals surface area contributed by atoms with Crippen LogP contribution >= 0.6 is 0 Å². The second kappa shape index (κ2) is 8.97. The van der Waals surface area contributed by atoms with Crippen LogP contribution in [-0.2, 0) is 16.4 Å². The number of rotatable bonds is 8. The maximum absolute atomic E-state index is 13.0. The first-order valence-corrected chi connectivity index (χ1v) is 11.0. The molecular formula is C22H31NO4S. The van der Waals surface area contributed by atoms with E-state index in [9.17, 15) is 8.42 Å². The van der Waals surface area contributed by atoms with Crippen LogP contribution in [0.3, 0.4) is 0 Å². The molecule has 2 rings (SSSR count). The van der Waals surface area contributed by atoms with Crippen molar-refractivity contribution >= 4 is 10.0 Å². The largest absolute Gasteiger partial charge is 0.496 e. The molecule has 2 aromatic carbocycles.